The zero-order valence-electron chi connectivity index (χ0n) is 12.5. The molecule has 21 heavy (non-hydrogen) atoms. The van der Waals surface area contributed by atoms with Crippen molar-refractivity contribution in [3.8, 4) is 0 Å². The zero-order chi connectivity index (χ0) is 15.8. The fourth-order valence-corrected chi connectivity index (χ4v) is 4.47. The summed E-state index contributed by atoms with van der Waals surface area (Å²) >= 11 is 0. The largest absolute Gasteiger partial charge is 0.399 e. The third-order valence-electron chi connectivity index (χ3n) is 4.04. The van der Waals surface area contributed by atoms with E-state index < -0.39 is 15.4 Å². The molecule has 1 amide bonds. The molecule has 1 aromatic rings. The van der Waals surface area contributed by atoms with Gasteiger partial charge in [0.2, 0.25) is 15.9 Å². The first-order chi connectivity index (χ1) is 9.70. The SMILES string of the molecule is CNC(=O)C1(C)CCN(S(=O)(=O)c2cc(N)ccc2C)C1. The number of nitrogens with one attached hydrogen (secondary N) is 1. The number of benzene rings is 1. The Morgan fingerprint density at radius 2 is 2.10 bits per heavy atom. The Morgan fingerprint density at radius 1 is 1.43 bits per heavy atom. The van der Waals surface area contributed by atoms with E-state index in [1.807, 2.05) is 0 Å². The molecule has 1 aromatic carbocycles. The van der Waals surface area contributed by atoms with Crippen molar-refractivity contribution in [1.29, 1.82) is 0 Å². The Bertz CT molecular complexity index is 672. The van der Waals surface area contributed by atoms with Crippen LogP contribution in [0.15, 0.2) is 23.1 Å². The highest BCUT2D eigenvalue weighted by Gasteiger charge is 2.44. The summed E-state index contributed by atoms with van der Waals surface area (Å²) in [6.07, 6.45) is 0.507. The number of nitrogens with zero attached hydrogens (tertiary/aromatic N) is 1. The summed E-state index contributed by atoms with van der Waals surface area (Å²) < 4.78 is 26.9. The minimum absolute atomic E-state index is 0.135. The molecule has 7 heteroatoms. The number of anilines is 1. The number of sulfonamides is 1. The van der Waals surface area contributed by atoms with Crippen LogP contribution in [0.1, 0.15) is 18.9 Å². The molecule has 1 saturated heterocycles. The third kappa shape index (κ3) is 2.75. The van der Waals surface area contributed by atoms with Crippen LogP contribution in [0, 0.1) is 12.3 Å². The summed E-state index contributed by atoms with van der Waals surface area (Å²) in [5.41, 5.74) is 6.07. The van der Waals surface area contributed by atoms with Crippen molar-refractivity contribution in [2.45, 2.75) is 25.2 Å². The van der Waals surface area contributed by atoms with Crippen molar-refractivity contribution in [3.63, 3.8) is 0 Å². The van der Waals surface area contributed by atoms with Crippen LogP contribution in [0.25, 0.3) is 0 Å². The monoisotopic (exact) mass is 311 g/mol. The molecule has 3 N–H and O–H groups in total. The molecule has 1 atom stereocenters. The number of carbonyl (C=O) groups excluding carboxylic acids is 1. The molecule has 1 fully saturated rings. The first-order valence-electron chi connectivity index (χ1n) is 6.79. The van der Waals surface area contributed by atoms with Gasteiger partial charge in [-0.3, -0.25) is 4.79 Å². The van der Waals surface area contributed by atoms with Gasteiger partial charge in [-0.05, 0) is 38.0 Å². The lowest BCUT2D eigenvalue weighted by atomic mass is 9.89. The van der Waals surface area contributed by atoms with Crippen LogP contribution in [0.4, 0.5) is 5.69 Å². The van der Waals surface area contributed by atoms with Crippen LogP contribution >= 0.6 is 0 Å². The lowest BCUT2D eigenvalue weighted by Gasteiger charge is -2.23. The van der Waals surface area contributed by atoms with Crippen LogP contribution in [-0.4, -0.2) is 38.8 Å². The molecule has 1 aliphatic rings. The standard InChI is InChI=1S/C14H21N3O3S/c1-10-4-5-11(15)8-12(10)21(19,20)17-7-6-14(2,9-17)13(18)16-3/h4-5,8H,6-7,9,15H2,1-3H3,(H,16,18). The van der Waals surface area contributed by atoms with E-state index in [-0.39, 0.29) is 17.3 Å². The van der Waals surface area contributed by atoms with Gasteiger partial charge >= 0.3 is 0 Å². The van der Waals surface area contributed by atoms with Gasteiger partial charge in [0.15, 0.2) is 0 Å². The summed E-state index contributed by atoms with van der Waals surface area (Å²) in [4.78, 5) is 12.1. The number of carbonyl (C=O) groups is 1. The first kappa shape index (κ1) is 15.8. The van der Waals surface area contributed by atoms with Crippen molar-refractivity contribution >= 4 is 21.6 Å². The Labute approximate surface area is 125 Å². The Hall–Kier alpha value is -1.60. The quantitative estimate of drug-likeness (QED) is 0.805. The number of aryl methyl sites for hydroxylation is 1. The minimum Gasteiger partial charge on any atom is -0.399 e. The highest BCUT2D eigenvalue weighted by atomic mass is 32.2. The number of nitrogen functional groups attached to an aromatic ring is 1. The molecule has 1 aliphatic heterocycles. The maximum absolute atomic E-state index is 12.7. The third-order valence-corrected chi connectivity index (χ3v) is 6.03. The van der Waals surface area contributed by atoms with Gasteiger partial charge < -0.3 is 11.1 Å². The molecular formula is C14H21N3O3S. The van der Waals surface area contributed by atoms with Crippen molar-refractivity contribution in [2.75, 3.05) is 25.9 Å². The maximum Gasteiger partial charge on any atom is 0.243 e. The molecule has 1 heterocycles. The molecule has 0 saturated carbocycles. The highest BCUT2D eigenvalue weighted by molar-refractivity contribution is 7.89. The second kappa shape index (κ2) is 5.31. The van der Waals surface area contributed by atoms with E-state index in [0.29, 0.717) is 24.2 Å². The summed E-state index contributed by atoms with van der Waals surface area (Å²) in [6.45, 7) is 4.04. The maximum atomic E-state index is 12.7. The molecule has 0 aliphatic carbocycles. The molecular weight excluding hydrogens is 290 g/mol. The molecule has 6 nitrogen and oxygen atoms in total. The van der Waals surface area contributed by atoms with Crippen LogP contribution in [0.5, 0.6) is 0 Å². The van der Waals surface area contributed by atoms with Gasteiger partial charge in [-0.15, -0.1) is 0 Å². The van der Waals surface area contributed by atoms with Crippen LogP contribution < -0.4 is 11.1 Å². The van der Waals surface area contributed by atoms with Crippen LogP contribution in [0.3, 0.4) is 0 Å². The highest BCUT2D eigenvalue weighted by Crippen LogP contribution is 2.34. The smallest absolute Gasteiger partial charge is 0.243 e. The number of rotatable bonds is 3. The molecule has 0 radical (unpaired) electrons. The van der Waals surface area contributed by atoms with E-state index in [4.69, 9.17) is 5.73 Å². The van der Waals surface area contributed by atoms with Crippen molar-refractivity contribution in [3.05, 3.63) is 23.8 Å². The fourth-order valence-electron chi connectivity index (χ4n) is 2.64. The van der Waals surface area contributed by atoms with Crippen LogP contribution in [0.2, 0.25) is 0 Å². The number of hydrogen-bond donors (Lipinski definition) is 2. The first-order valence-corrected chi connectivity index (χ1v) is 8.23. The van der Waals surface area contributed by atoms with E-state index in [1.165, 1.54) is 10.4 Å². The average Bonchev–Trinajstić information content (AvgIpc) is 2.85. The van der Waals surface area contributed by atoms with Crippen molar-refractivity contribution < 1.29 is 13.2 Å². The average molecular weight is 311 g/mol. The molecule has 116 valence electrons. The second-order valence-corrected chi connectivity index (χ2v) is 7.66. The summed E-state index contributed by atoms with van der Waals surface area (Å²) in [5.74, 6) is -0.135. The minimum atomic E-state index is -3.63. The van der Waals surface area contributed by atoms with Gasteiger partial charge in [0, 0.05) is 25.8 Å². The summed E-state index contributed by atoms with van der Waals surface area (Å²) in [7, 11) is -2.07. The van der Waals surface area contributed by atoms with Crippen molar-refractivity contribution in [1.82, 2.24) is 9.62 Å². The van der Waals surface area contributed by atoms with E-state index in [0.717, 1.165) is 0 Å². The lowest BCUT2D eigenvalue weighted by Crippen LogP contribution is -2.40. The van der Waals surface area contributed by atoms with Crippen molar-refractivity contribution in [2.24, 2.45) is 5.41 Å². The van der Waals surface area contributed by atoms with Gasteiger partial charge in [-0.1, -0.05) is 6.07 Å². The fraction of sp³-hybridized carbons (Fsp3) is 0.500. The van der Waals surface area contributed by atoms with Gasteiger partial charge in [-0.25, -0.2) is 8.42 Å². The van der Waals surface area contributed by atoms with Gasteiger partial charge in [0.1, 0.15) is 0 Å². The second-order valence-electron chi connectivity index (χ2n) is 5.75. The molecule has 1 unspecified atom stereocenters. The van der Waals surface area contributed by atoms with Gasteiger partial charge in [0.25, 0.3) is 0 Å². The van der Waals surface area contributed by atoms with E-state index in [1.54, 1.807) is 33.0 Å². The number of nitrogens with two attached hydrogens (primary N) is 1. The van der Waals surface area contributed by atoms with Gasteiger partial charge in [0.05, 0.1) is 10.3 Å². The lowest BCUT2D eigenvalue weighted by molar-refractivity contribution is -0.128. The van der Waals surface area contributed by atoms with Crippen LogP contribution in [-0.2, 0) is 14.8 Å². The van der Waals surface area contributed by atoms with Gasteiger partial charge in [-0.2, -0.15) is 4.31 Å². The normalized spacial score (nSPS) is 23.2. The number of amides is 1. The summed E-state index contributed by atoms with van der Waals surface area (Å²) in [6, 6.07) is 4.84. The topological polar surface area (TPSA) is 92.5 Å². The summed E-state index contributed by atoms with van der Waals surface area (Å²) in [5, 5.41) is 2.60. The molecule has 2 rings (SSSR count). The van der Waals surface area contributed by atoms with E-state index in [9.17, 15) is 13.2 Å². The van der Waals surface area contributed by atoms with E-state index in [2.05, 4.69) is 5.32 Å². The Balaban J connectivity index is 2.34. The Kier molecular flexibility index (Phi) is 3.99. The Morgan fingerprint density at radius 3 is 2.71 bits per heavy atom. The predicted molar refractivity (Wildman–Crippen MR) is 81.1 cm³/mol. The molecule has 0 bridgehead atoms. The zero-order valence-corrected chi connectivity index (χ0v) is 13.3. The molecule has 0 spiro atoms. The number of hydrogen-bond acceptors (Lipinski definition) is 4. The van der Waals surface area contributed by atoms with E-state index >= 15 is 0 Å². The predicted octanol–water partition coefficient (Wildman–Crippen LogP) is 0.724. The molecule has 0 aromatic heterocycles.